The number of piperidine rings is 1. The van der Waals surface area contributed by atoms with Crippen LogP contribution in [0.5, 0.6) is 0 Å². The van der Waals surface area contributed by atoms with E-state index < -0.39 is 23.2 Å². The van der Waals surface area contributed by atoms with E-state index in [9.17, 15) is 18.4 Å². The highest BCUT2D eigenvalue weighted by Gasteiger charge is 2.81. The van der Waals surface area contributed by atoms with Crippen LogP contribution in [0.15, 0.2) is 54.6 Å². The molecule has 0 radical (unpaired) electrons. The van der Waals surface area contributed by atoms with E-state index in [1.807, 2.05) is 6.07 Å². The Morgan fingerprint density at radius 1 is 1.07 bits per heavy atom. The third kappa shape index (κ3) is 2.71. The predicted molar refractivity (Wildman–Crippen MR) is 94.9 cm³/mol. The first-order chi connectivity index (χ1) is 12.9. The molecular weight excluding hydrogens is 352 g/mol. The maximum Gasteiger partial charge on any atom is 0.335 e. The Kier molecular flexibility index (Phi) is 4.02. The second-order valence-corrected chi connectivity index (χ2v) is 7.28. The summed E-state index contributed by atoms with van der Waals surface area (Å²) in [4.78, 5) is 25.0. The first-order valence-corrected chi connectivity index (χ1v) is 8.89. The van der Waals surface area contributed by atoms with Gasteiger partial charge >= 0.3 is 5.97 Å². The Hall–Kier alpha value is -2.76. The molecule has 1 aliphatic carbocycles. The number of carboxylic acids is 1. The van der Waals surface area contributed by atoms with Gasteiger partial charge in [-0.1, -0.05) is 42.5 Å². The van der Waals surface area contributed by atoms with E-state index in [4.69, 9.17) is 5.11 Å². The lowest BCUT2D eigenvalue weighted by Gasteiger charge is -2.30. The summed E-state index contributed by atoms with van der Waals surface area (Å²) >= 11 is 0. The van der Waals surface area contributed by atoms with E-state index in [1.54, 1.807) is 36.4 Å². The number of carbonyl (C=O) groups is 2. The Bertz CT molecular complexity index is 882. The van der Waals surface area contributed by atoms with Crippen molar-refractivity contribution in [3.05, 3.63) is 71.3 Å². The molecule has 1 amide bonds. The zero-order valence-electron chi connectivity index (χ0n) is 14.6. The molecule has 2 atom stereocenters. The number of nitrogens with zero attached hydrogens (tertiary/aromatic N) is 1. The molecule has 1 saturated carbocycles. The molecule has 1 N–H and O–H groups in total. The number of aromatic carboxylic acids is 1. The minimum absolute atomic E-state index is 0.0495. The van der Waals surface area contributed by atoms with E-state index in [0.29, 0.717) is 17.7 Å². The number of halogens is 2. The molecule has 2 aromatic rings. The number of likely N-dealkylation sites (tertiary alicyclic amines) is 1. The Balaban J connectivity index is 1.45. The van der Waals surface area contributed by atoms with E-state index >= 15 is 0 Å². The first-order valence-electron chi connectivity index (χ1n) is 8.89. The molecule has 2 aromatic carbocycles. The summed E-state index contributed by atoms with van der Waals surface area (Å²) in [6, 6.07) is 14.9. The second kappa shape index (κ2) is 6.15. The molecule has 1 saturated heterocycles. The Morgan fingerprint density at radius 2 is 1.74 bits per heavy atom. The second-order valence-electron chi connectivity index (χ2n) is 7.28. The number of benzene rings is 2. The maximum atomic E-state index is 14.6. The number of hydrogen-bond donors (Lipinski definition) is 1. The molecule has 0 spiro atoms. The summed E-state index contributed by atoms with van der Waals surface area (Å²) in [5.74, 6) is -4.88. The van der Waals surface area contributed by atoms with Gasteiger partial charge in [-0.25, -0.2) is 13.6 Å². The van der Waals surface area contributed by atoms with Gasteiger partial charge < -0.3 is 10.0 Å². The van der Waals surface area contributed by atoms with Crippen molar-refractivity contribution in [1.82, 2.24) is 4.90 Å². The Labute approximate surface area is 155 Å². The highest BCUT2D eigenvalue weighted by Crippen LogP contribution is 2.70. The SMILES string of the molecule is O=C(O)c1ccc(CC(=O)N2CCC3(c4ccccc4)C(C2)C3(F)F)cc1. The molecule has 27 heavy (non-hydrogen) atoms. The number of hydrogen-bond acceptors (Lipinski definition) is 2. The molecule has 6 heteroatoms. The highest BCUT2D eigenvalue weighted by atomic mass is 19.3. The molecule has 1 aliphatic heterocycles. The van der Waals surface area contributed by atoms with Crippen LogP contribution in [0.3, 0.4) is 0 Å². The van der Waals surface area contributed by atoms with Crippen molar-refractivity contribution in [1.29, 1.82) is 0 Å². The summed E-state index contributed by atoms with van der Waals surface area (Å²) in [7, 11) is 0. The Morgan fingerprint density at radius 3 is 2.33 bits per heavy atom. The minimum atomic E-state index is -2.80. The van der Waals surface area contributed by atoms with Crippen molar-refractivity contribution >= 4 is 11.9 Å². The lowest BCUT2D eigenvalue weighted by Crippen LogP contribution is -2.41. The van der Waals surface area contributed by atoms with Crippen molar-refractivity contribution in [2.45, 2.75) is 24.2 Å². The molecular formula is C21H19F2NO3. The number of carboxylic acid groups (broad SMARTS) is 1. The first kappa shape index (κ1) is 17.6. The van der Waals surface area contributed by atoms with E-state index in [0.717, 1.165) is 0 Å². The van der Waals surface area contributed by atoms with E-state index in [2.05, 4.69) is 0 Å². The molecule has 2 fully saturated rings. The average Bonchev–Trinajstić information content (AvgIpc) is 3.19. The highest BCUT2D eigenvalue weighted by molar-refractivity contribution is 5.87. The van der Waals surface area contributed by atoms with Crippen LogP contribution in [0.4, 0.5) is 8.78 Å². The van der Waals surface area contributed by atoms with Crippen LogP contribution in [-0.2, 0) is 16.6 Å². The number of alkyl halides is 2. The third-order valence-electron chi connectivity index (χ3n) is 5.92. The van der Waals surface area contributed by atoms with Gasteiger partial charge in [-0.3, -0.25) is 4.79 Å². The van der Waals surface area contributed by atoms with Crippen LogP contribution in [0.25, 0.3) is 0 Å². The van der Waals surface area contributed by atoms with Gasteiger partial charge in [0.15, 0.2) is 0 Å². The molecule has 140 valence electrons. The van der Waals surface area contributed by atoms with Gasteiger partial charge in [0.25, 0.3) is 5.92 Å². The molecule has 0 aromatic heterocycles. The van der Waals surface area contributed by atoms with Crippen LogP contribution in [0, 0.1) is 5.92 Å². The van der Waals surface area contributed by atoms with Crippen molar-refractivity contribution in [2.24, 2.45) is 5.92 Å². The fourth-order valence-corrected chi connectivity index (χ4v) is 4.32. The summed E-state index contributed by atoms with van der Waals surface area (Å²) in [6.45, 7) is 0.348. The van der Waals surface area contributed by atoms with Crippen LogP contribution in [0.1, 0.15) is 27.9 Å². The van der Waals surface area contributed by atoms with Crippen molar-refractivity contribution in [3.8, 4) is 0 Å². The molecule has 4 nitrogen and oxygen atoms in total. The monoisotopic (exact) mass is 371 g/mol. The fraction of sp³-hybridized carbons (Fsp3) is 0.333. The average molecular weight is 371 g/mol. The summed E-state index contributed by atoms with van der Waals surface area (Å²) in [5, 5.41) is 8.92. The summed E-state index contributed by atoms with van der Waals surface area (Å²) < 4.78 is 29.3. The third-order valence-corrected chi connectivity index (χ3v) is 5.92. The molecule has 2 aliphatic rings. The normalized spacial score (nSPS) is 25.6. The molecule has 0 bridgehead atoms. The van der Waals surface area contributed by atoms with Gasteiger partial charge in [0.2, 0.25) is 5.91 Å². The summed E-state index contributed by atoms with van der Waals surface area (Å²) in [5.41, 5.74) is 0.326. The molecule has 1 heterocycles. The van der Waals surface area contributed by atoms with E-state index in [-0.39, 0.29) is 30.9 Å². The zero-order valence-corrected chi connectivity index (χ0v) is 14.6. The topological polar surface area (TPSA) is 57.6 Å². The number of amides is 1. The minimum Gasteiger partial charge on any atom is -0.478 e. The number of carbonyl (C=O) groups excluding carboxylic acids is 1. The van der Waals surface area contributed by atoms with Gasteiger partial charge in [0, 0.05) is 13.1 Å². The van der Waals surface area contributed by atoms with Gasteiger partial charge in [-0.15, -0.1) is 0 Å². The quantitative estimate of drug-likeness (QED) is 0.897. The lowest BCUT2D eigenvalue weighted by molar-refractivity contribution is -0.131. The van der Waals surface area contributed by atoms with Gasteiger partial charge in [-0.05, 0) is 29.7 Å². The maximum absolute atomic E-state index is 14.6. The number of fused-ring (bicyclic) bond motifs is 1. The number of rotatable bonds is 4. The van der Waals surface area contributed by atoms with Crippen molar-refractivity contribution < 1.29 is 23.5 Å². The standard InChI is InChI=1S/C21H19F2NO3/c22-21(23)17-13-24(11-10-20(17,21)16-4-2-1-3-5-16)18(25)12-14-6-8-15(9-7-14)19(26)27/h1-9,17H,10-13H2,(H,26,27). The van der Waals surface area contributed by atoms with Crippen LogP contribution < -0.4 is 0 Å². The van der Waals surface area contributed by atoms with Gasteiger partial charge in [-0.2, -0.15) is 0 Å². The summed E-state index contributed by atoms with van der Waals surface area (Å²) in [6.07, 6.45) is 0.328. The largest absolute Gasteiger partial charge is 0.478 e. The van der Waals surface area contributed by atoms with Gasteiger partial charge in [0.05, 0.1) is 23.3 Å². The van der Waals surface area contributed by atoms with Crippen molar-refractivity contribution in [3.63, 3.8) is 0 Å². The smallest absolute Gasteiger partial charge is 0.335 e. The predicted octanol–water partition coefficient (Wildman–Crippen LogP) is 3.36. The zero-order chi connectivity index (χ0) is 19.2. The molecule has 2 unspecified atom stereocenters. The van der Waals surface area contributed by atoms with E-state index in [1.165, 1.54) is 17.0 Å². The van der Waals surface area contributed by atoms with Crippen LogP contribution in [-0.4, -0.2) is 40.9 Å². The van der Waals surface area contributed by atoms with Crippen LogP contribution in [0.2, 0.25) is 0 Å². The molecule has 4 rings (SSSR count). The lowest BCUT2D eigenvalue weighted by atomic mass is 9.87. The van der Waals surface area contributed by atoms with Crippen molar-refractivity contribution in [2.75, 3.05) is 13.1 Å². The van der Waals surface area contributed by atoms with Gasteiger partial charge in [0.1, 0.15) is 0 Å². The fourth-order valence-electron chi connectivity index (χ4n) is 4.32. The van der Waals surface area contributed by atoms with Crippen LogP contribution >= 0.6 is 0 Å².